The number of rotatable bonds is 11. The Bertz CT molecular complexity index is 309. The summed E-state index contributed by atoms with van der Waals surface area (Å²) >= 11 is 0. The van der Waals surface area contributed by atoms with Gasteiger partial charge in [0.05, 0.1) is 0 Å². The molecule has 0 saturated heterocycles. The lowest BCUT2D eigenvalue weighted by Gasteiger charge is -2.27. The van der Waals surface area contributed by atoms with Crippen molar-refractivity contribution in [2.45, 2.75) is 90.7 Å². The van der Waals surface area contributed by atoms with Gasteiger partial charge in [0.25, 0.3) is 0 Å². The molecule has 1 aliphatic rings. The van der Waals surface area contributed by atoms with Crippen LogP contribution in [0.2, 0.25) is 0 Å². The number of carbonyl (C=O) groups excluding carboxylic acids is 1. The average molecular weight is 312 g/mol. The van der Waals surface area contributed by atoms with Crippen molar-refractivity contribution < 1.29 is 9.53 Å². The third-order valence-corrected chi connectivity index (χ3v) is 3.85. The normalized spacial score (nSPS) is 14.9. The summed E-state index contributed by atoms with van der Waals surface area (Å²) in [7, 11) is 0. The number of hydrogen-bond acceptors (Lipinski definition) is 3. The Kier molecular flexibility index (Phi) is 8.84. The lowest BCUT2D eigenvalue weighted by molar-refractivity contribution is 0.0236. The summed E-state index contributed by atoms with van der Waals surface area (Å²) in [6.07, 6.45) is 10.0. The Labute approximate surface area is 137 Å². The van der Waals surface area contributed by atoms with Crippen LogP contribution in [0.4, 0.5) is 4.79 Å². The Morgan fingerprint density at radius 1 is 1.09 bits per heavy atom. The molecule has 0 aromatic rings. The van der Waals surface area contributed by atoms with Crippen LogP contribution < -0.4 is 5.32 Å². The molecule has 0 aliphatic heterocycles. The molecule has 0 radical (unpaired) electrons. The number of ether oxygens (including phenoxy) is 1. The maximum atomic E-state index is 12.2. The summed E-state index contributed by atoms with van der Waals surface area (Å²) in [5.74, 6) is 0. The van der Waals surface area contributed by atoms with Crippen LogP contribution in [0.1, 0.15) is 79.1 Å². The smallest absolute Gasteiger partial charge is 0.410 e. The van der Waals surface area contributed by atoms with Crippen molar-refractivity contribution in [1.82, 2.24) is 10.2 Å². The number of unbranched alkanes of at least 4 members (excludes halogenated alkanes) is 5. The van der Waals surface area contributed by atoms with E-state index in [1.807, 2.05) is 25.7 Å². The highest BCUT2D eigenvalue weighted by Crippen LogP contribution is 2.27. The summed E-state index contributed by atoms with van der Waals surface area (Å²) in [6, 6.07) is 0.408. The standard InChI is InChI=1S/C18H36N2O2/c1-5-6-7-8-9-10-13-19-14-15-20(16-11-12-16)17(21)22-18(2,3)4/h16,19H,5-15H2,1-4H3. The molecule has 1 fully saturated rings. The average Bonchev–Trinajstić information content (AvgIpc) is 3.23. The molecule has 0 bridgehead atoms. The first-order valence-electron chi connectivity index (χ1n) is 9.14. The highest BCUT2D eigenvalue weighted by atomic mass is 16.6. The van der Waals surface area contributed by atoms with Crippen LogP contribution in [0.15, 0.2) is 0 Å². The predicted octanol–water partition coefficient (Wildman–Crippen LogP) is 4.34. The molecule has 0 spiro atoms. The van der Waals surface area contributed by atoms with E-state index in [1.165, 1.54) is 38.5 Å². The molecule has 22 heavy (non-hydrogen) atoms. The molecule has 130 valence electrons. The van der Waals surface area contributed by atoms with Gasteiger partial charge in [0.15, 0.2) is 0 Å². The number of amides is 1. The van der Waals surface area contributed by atoms with E-state index in [-0.39, 0.29) is 6.09 Å². The van der Waals surface area contributed by atoms with E-state index in [4.69, 9.17) is 4.74 Å². The van der Waals surface area contributed by atoms with Gasteiger partial charge in [-0.25, -0.2) is 4.79 Å². The van der Waals surface area contributed by atoms with Gasteiger partial charge in [0.1, 0.15) is 5.60 Å². The van der Waals surface area contributed by atoms with Crippen molar-refractivity contribution in [3.05, 3.63) is 0 Å². The topological polar surface area (TPSA) is 41.6 Å². The highest BCUT2D eigenvalue weighted by molar-refractivity contribution is 5.69. The Morgan fingerprint density at radius 3 is 2.32 bits per heavy atom. The fourth-order valence-corrected chi connectivity index (χ4v) is 2.48. The zero-order chi connectivity index (χ0) is 16.4. The van der Waals surface area contributed by atoms with E-state index < -0.39 is 5.60 Å². The minimum absolute atomic E-state index is 0.156. The summed E-state index contributed by atoms with van der Waals surface area (Å²) in [6.45, 7) is 10.7. The largest absolute Gasteiger partial charge is 0.444 e. The van der Waals surface area contributed by atoms with Crippen molar-refractivity contribution in [3.8, 4) is 0 Å². The molecule has 1 saturated carbocycles. The molecule has 4 heteroatoms. The molecule has 4 nitrogen and oxygen atoms in total. The molecule has 1 amide bonds. The van der Waals surface area contributed by atoms with Crippen molar-refractivity contribution in [2.75, 3.05) is 19.6 Å². The molecular weight excluding hydrogens is 276 g/mol. The van der Waals surface area contributed by atoms with Gasteiger partial charge in [-0.1, -0.05) is 39.0 Å². The van der Waals surface area contributed by atoms with E-state index in [9.17, 15) is 4.79 Å². The van der Waals surface area contributed by atoms with Crippen molar-refractivity contribution >= 4 is 6.09 Å². The second-order valence-corrected chi connectivity index (χ2v) is 7.42. The van der Waals surface area contributed by atoms with Crippen LogP contribution in [0, 0.1) is 0 Å². The molecule has 0 aromatic heterocycles. The van der Waals surface area contributed by atoms with Crippen LogP contribution in [0.5, 0.6) is 0 Å². The van der Waals surface area contributed by atoms with Crippen molar-refractivity contribution in [2.24, 2.45) is 0 Å². The maximum absolute atomic E-state index is 12.2. The molecule has 0 unspecified atom stereocenters. The van der Waals surface area contributed by atoms with E-state index in [0.717, 1.165) is 32.5 Å². The van der Waals surface area contributed by atoms with Gasteiger partial charge in [-0.05, 0) is 46.6 Å². The first kappa shape index (κ1) is 19.3. The quantitative estimate of drug-likeness (QED) is 0.577. The fourth-order valence-electron chi connectivity index (χ4n) is 2.48. The van der Waals surface area contributed by atoms with Crippen LogP contribution in [0.3, 0.4) is 0 Å². The maximum Gasteiger partial charge on any atom is 0.410 e. The third-order valence-electron chi connectivity index (χ3n) is 3.85. The minimum Gasteiger partial charge on any atom is -0.444 e. The molecule has 0 aromatic carbocycles. The first-order chi connectivity index (χ1) is 10.4. The number of nitrogens with zero attached hydrogens (tertiary/aromatic N) is 1. The van der Waals surface area contributed by atoms with Gasteiger partial charge < -0.3 is 15.0 Å². The lowest BCUT2D eigenvalue weighted by atomic mass is 10.1. The number of nitrogens with one attached hydrogen (secondary N) is 1. The predicted molar refractivity (Wildman–Crippen MR) is 92.2 cm³/mol. The van der Waals surface area contributed by atoms with Crippen molar-refractivity contribution in [3.63, 3.8) is 0 Å². The highest BCUT2D eigenvalue weighted by Gasteiger charge is 2.34. The molecule has 0 atom stereocenters. The molecule has 1 aliphatic carbocycles. The van der Waals surface area contributed by atoms with Gasteiger partial charge >= 0.3 is 6.09 Å². The van der Waals surface area contributed by atoms with Gasteiger partial charge in [-0.2, -0.15) is 0 Å². The van der Waals surface area contributed by atoms with Crippen LogP contribution in [0.25, 0.3) is 0 Å². The lowest BCUT2D eigenvalue weighted by Crippen LogP contribution is -2.41. The van der Waals surface area contributed by atoms with Gasteiger partial charge in [0.2, 0.25) is 0 Å². The second-order valence-electron chi connectivity index (χ2n) is 7.42. The van der Waals surface area contributed by atoms with Gasteiger partial charge in [-0.3, -0.25) is 0 Å². The monoisotopic (exact) mass is 312 g/mol. The molecule has 0 heterocycles. The first-order valence-corrected chi connectivity index (χ1v) is 9.14. The van der Waals surface area contributed by atoms with E-state index in [2.05, 4.69) is 12.2 Å². The third kappa shape index (κ3) is 9.29. The minimum atomic E-state index is -0.407. The van der Waals surface area contributed by atoms with E-state index in [0.29, 0.717) is 6.04 Å². The zero-order valence-electron chi connectivity index (χ0n) is 15.1. The summed E-state index contributed by atoms with van der Waals surface area (Å²) in [5.41, 5.74) is -0.407. The van der Waals surface area contributed by atoms with Crippen molar-refractivity contribution in [1.29, 1.82) is 0 Å². The zero-order valence-corrected chi connectivity index (χ0v) is 15.1. The number of carbonyl (C=O) groups is 1. The van der Waals surface area contributed by atoms with Gasteiger partial charge in [-0.15, -0.1) is 0 Å². The number of hydrogen-bond donors (Lipinski definition) is 1. The Balaban J connectivity index is 2.08. The molecule has 1 N–H and O–H groups in total. The summed E-state index contributed by atoms with van der Waals surface area (Å²) < 4.78 is 5.49. The Hall–Kier alpha value is -0.770. The summed E-state index contributed by atoms with van der Waals surface area (Å²) in [4.78, 5) is 14.1. The molecule has 1 rings (SSSR count). The van der Waals surface area contributed by atoms with Gasteiger partial charge in [0, 0.05) is 19.1 Å². The SMILES string of the molecule is CCCCCCCCNCCN(C(=O)OC(C)(C)C)C1CC1. The van der Waals surface area contributed by atoms with Crippen LogP contribution in [-0.2, 0) is 4.74 Å². The van der Waals surface area contributed by atoms with Crippen LogP contribution >= 0.6 is 0 Å². The second kappa shape index (κ2) is 10.1. The summed E-state index contributed by atoms with van der Waals surface area (Å²) in [5, 5.41) is 3.46. The van der Waals surface area contributed by atoms with Crippen LogP contribution in [-0.4, -0.2) is 42.3 Å². The fraction of sp³-hybridized carbons (Fsp3) is 0.944. The van der Waals surface area contributed by atoms with E-state index >= 15 is 0 Å². The van der Waals surface area contributed by atoms with E-state index in [1.54, 1.807) is 0 Å². The molecular formula is C18H36N2O2. The Morgan fingerprint density at radius 2 is 1.73 bits per heavy atom.